The molecule has 0 N–H and O–H groups in total. The van der Waals surface area contributed by atoms with Crippen LogP contribution in [0, 0.1) is 11.8 Å². The molecule has 2 heterocycles. The molecule has 22 heavy (non-hydrogen) atoms. The second-order valence-electron chi connectivity index (χ2n) is 7.19. The summed E-state index contributed by atoms with van der Waals surface area (Å²) in [6.07, 6.45) is 6.78. The minimum Gasteiger partial charge on any atom is -0.336 e. The average molecular weight is 306 g/mol. The molecule has 3 rings (SSSR count). The van der Waals surface area contributed by atoms with Gasteiger partial charge in [-0.25, -0.2) is 0 Å². The summed E-state index contributed by atoms with van der Waals surface area (Å²) in [5.41, 5.74) is 0. The zero-order chi connectivity index (χ0) is 15.9. The molecule has 3 fully saturated rings. The lowest BCUT2D eigenvalue weighted by molar-refractivity contribution is -0.149. The normalized spacial score (nSPS) is 35.7. The zero-order valence-electron chi connectivity index (χ0n) is 13.6. The van der Waals surface area contributed by atoms with Gasteiger partial charge in [-0.3, -0.25) is 19.3 Å². The van der Waals surface area contributed by atoms with Gasteiger partial charge in [-0.2, -0.15) is 0 Å². The minimum atomic E-state index is -0.162. The van der Waals surface area contributed by atoms with Crippen LogP contribution in [0.25, 0.3) is 0 Å². The number of piperidine rings is 1. The number of carbonyl (C=O) groups excluding carboxylic acids is 3. The van der Waals surface area contributed by atoms with E-state index in [0.717, 1.165) is 44.9 Å². The molecule has 3 aliphatic rings. The number of hydrogen-bond acceptors (Lipinski definition) is 3. The Kier molecular flexibility index (Phi) is 4.24. The van der Waals surface area contributed by atoms with E-state index in [-0.39, 0.29) is 48.2 Å². The highest BCUT2D eigenvalue weighted by molar-refractivity contribution is 6.07. The first kappa shape index (κ1) is 15.5. The molecule has 3 amide bonds. The molecule has 4 unspecified atom stereocenters. The summed E-state index contributed by atoms with van der Waals surface area (Å²) >= 11 is 0. The molecule has 0 spiro atoms. The number of nitrogens with zero attached hydrogens (tertiary/aromatic N) is 2. The van der Waals surface area contributed by atoms with Crippen LogP contribution in [-0.2, 0) is 14.4 Å². The van der Waals surface area contributed by atoms with Gasteiger partial charge in [0.2, 0.25) is 17.7 Å². The summed E-state index contributed by atoms with van der Waals surface area (Å²) in [6.45, 7) is 4.06. The first-order valence-electron chi connectivity index (χ1n) is 8.67. The van der Waals surface area contributed by atoms with Gasteiger partial charge in [0.1, 0.15) is 6.54 Å². The lowest BCUT2D eigenvalue weighted by Gasteiger charge is -2.39. The molecule has 0 aromatic rings. The van der Waals surface area contributed by atoms with Crippen molar-refractivity contribution >= 4 is 17.7 Å². The summed E-state index contributed by atoms with van der Waals surface area (Å²) in [7, 11) is 0. The standard InChI is InChI=1S/C17H26N2O3/c1-11-6-5-7-12(2)19(11)15(20)10-18-16(21)13-8-3-4-9-14(13)17(18)22/h11-14H,3-10H2,1-2H3. The van der Waals surface area contributed by atoms with Crippen LogP contribution < -0.4 is 0 Å². The second-order valence-corrected chi connectivity index (χ2v) is 7.19. The molecule has 1 aliphatic carbocycles. The lowest BCUT2D eigenvalue weighted by Crippen LogP contribution is -2.52. The van der Waals surface area contributed by atoms with Crippen molar-refractivity contribution in [2.75, 3.05) is 6.54 Å². The van der Waals surface area contributed by atoms with Crippen molar-refractivity contribution in [3.05, 3.63) is 0 Å². The number of imide groups is 1. The maximum Gasteiger partial charge on any atom is 0.243 e. The van der Waals surface area contributed by atoms with Crippen molar-refractivity contribution in [2.24, 2.45) is 11.8 Å². The molecule has 0 bridgehead atoms. The fourth-order valence-electron chi connectivity index (χ4n) is 4.52. The van der Waals surface area contributed by atoms with Crippen molar-refractivity contribution in [3.63, 3.8) is 0 Å². The Hall–Kier alpha value is -1.39. The van der Waals surface area contributed by atoms with E-state index in [1.807, 2.05) is 4.90 Å². The van der Waals surface area contributed by atoms with Crippen molar-refractivity contribution < 1.29 is 14.4 Å². The van der Waals surface area contributed by atoms with Crippen LogP contribution in [-0.4, -0.2) is 46.1 Å². The number of fused-ring (bicyclic) bond motifs is 1. The molecule has 122 valence electrons. The number of amides is 3. The van der Waals surface area contributed by atoms with Crippen molar-refractivity contribution in [1.29, 1.82) is 0 Å². The minimum absolute atomic E-state index is 0.0562. The molecule has 2 saturated heterocycles. The average Bonchev–Trinajstić information content (AvgIpc) is 2.73. The molecule has 2 aliphatic heterocycles. The molecule has 0 aromatic carbocycles. The summed E-state index contributed by atoms with van der Waals surface area (Å²) in [4.78, 5) is 40.7. The van der Waals surface area contributed by atoms with Crippen molar-refractivity contribution in [1.82, 2.24) is 9.80 Å². The third-order valence-corrected chi connectivity index (χ3v) is 5.71. The van der Waals surface area contributed by atoms with Crippen LogP contribution in [0.5, 0.6) is 0 Å². The predicted molar refractivity (Wildman–Crippen MR) is 81.8 cm³/mol. The summed E-state index contributed by atoms with van der Waals surface area (Å²) in [5, 5.41) is 0. The summed E-state index contributed by atoms with van der Waals surface area (Å²) < 4.78 is 0. The maximum atomic E-state index is 12.7. The van der Waals surface area contributed by atoms with E-state index in [0.29, 0.717) is 0 Å². The van der Waals surface area contributed by atoms with E-state index < -0.39 is 0 Å². The Morgan fingerprint density at radius 1 is 0.909 bits per heavy atom. The molecular weight excluding hydrogens is 280 g/mol. The Labute approximate surface area is 132 Å². The summed E-state index contributed by atoms with van der Waals surface area (Å²) in [6, 6.07) is 0.401. The van der Waals surface area contributed by atoms with Crippen molar-refractivity contribution in [2.45, 2.75) is 70.9 Å². The third-order valence-electron chi connectivity index (χ3n) is 5.71. The largest absolute Gasteiger partial charge is 0.336 e. The van der Waals surface area contributed by atoms with Crippen LogP contribution in [0.2, 0.25) is 0 Å². The smallest absolute Gasteiger partial charge is 0.243 e. The van der Waals surface area contributed by atoms with E-state index in [1.165, 1.54) is 4.90 Å². The van der Waals surface area contributed by atoms with Gasteiger partial charge in [0.15, 0.2) is 0 Å². The fourth-order valence-corrected chi connectivity index (χ4v) is 4.52. The van der Waals surface area contributed by atoms with Gasteiger partial charge >= 0.3 is 0 Å². The predicted octanol–water partition coefficient (Wildman–Crippen LogP) is 1.95. The molecule has 0 aromatic heterocycles. The number of carbonyl (C=O) groups is 3. The van der Waals surface area contributed by atoms with Crippen LogP contribution in [0.15, 0.2) is 0 Å². The van der Waals surface area contributed by atoms with E-state index in [9.17, 15) is 14.4 Å². The van der Waals surface area contributed by atoms with E-state index in [2.05, 4.69) is 13.8 Å². The second kappa shape index (κ2) is 6.01. The Morgan fingerprint density at radius 2 is 1.41 bits per heavy atom. The molecule has 0 radical (unpaired) electrons. The molecule has 1 saturated carbocycles. The van der Waals surface area contributed by atoms with E-state index >= 15 is 0 Å². The fraction of sp³-hybridized carbons (Fsp3) is 0.824. The van der Waals surface area contributed by atoms with Crippen LogP contribution in [0.4, 0.5) is 0 Å². The maximum absolute atomic E-state index is 12.7. The van der Waals surface area contributed by atoms with E-state index in [1.54, 1.807) is 0 Å². The topological polar surface area (TPSA) is 57.7 Å². The van der Waals surface area contributed by atoms with Gasteiger partial charge in [0.05, 0.1) is 11.8 Å². The Morgan fingerprint density at radius 3 is 1.91 bits per heavy atom. The Balaban J connectivity index is 1.71. The highest BCUT2D eigenvalue weighted by atomic mass is 16.2. The molecular formula is C17H26N2O3. The van der Waals surface area contributed by atoms with Gasteiger partial charge in [-0.05, 0) is 46.0 Å². The van der Waals surface area contributed by atoms with Crippen LogP contribution in [0.3, 0.4) is 0 Å². The van der Waals surface area contributed by atoms with Gasteiger partial charge in [-0.15, -0.1) is 0 Å². The molecule has 5 heteroatoms. The van der Waals surface area contributed by atoms with Gasteiger partial charge in [-0.1, -0.05) is 12.8 Å². The lowest BCUT2D eigenvalue weighted by atomic mass is 9.81. The number of hydrogen-bond donors (Lipinski definition) is 0. The highest BCUT2D eigenvalue weighted by Gasteiger charge is 2.49. The van der Waals surface area contributed by atoms with E-state index in [4.69, 9.17) is 0 Å². The monoisotopic (exact) mass is 306 g/mol. The van der Waals surface area contributed by atoms with Crippen LogP contribution in [0.1, 0.15) is 58.8 Å². The summed E-state index contributed by atoms with van der Waals surface area (Å²) in [5.74, 6) is -0.615. The van der Waals surface area contributed by atoms with Crippen molar-refractivity contribution in [3.8, 4) is 0 Å². The third kappa shape index (κ3) is 2.55. The SMILES string of the molecule is CC1CCCC(C)N1C(=O)CN1C(=O)C2CCCCC2C1=O. The number of rotatable bonds is 2. The van der Waals surface area contributed by atoms with Gasteiger partial charge in [0, 0.05) is 12.1 Å². The highest BCUT2D eigenvalue weighted by Crippen LogP contribution is 2.38. The molecule has 5 nitrogen and oxygen atoms in total. The number of likely N-dealkylation sites (tertiary alicyclic amines) is 2. The first-order chi connectivity index (χ1) is 10.5. The Bertz CT molecular complexity index is 456. The molecule has 4 atom stereocenters. The quantitative estimate of drug-likeness (QED) is 0.733. The van der Waals surface area contributed by atoms with Crippen LogP contribution >= 0.6 is 0 Å². The zero-order valence-corrected chi connectivity index (χ0v) is 13.6. The first-order valence-corrected chi connectivity index (χ1v) is 8.67. The van der Waals surface area contributed by atoms with Gasteiger partial charge in [0.25, 0.3) is 0 Å². The van der Waals surface area contributed by atoms with Gasteiger partial charge < -0.3 is 4.90 Å².